The molecule has 24 heteroatoms. The molecular weight excluding hydrogens is 1180 g/mol. The lowest BCUT2D eigenvalue weighted by Crippen LogP contribution is -2.27. The zero-order chi connectivity index (χ0) is 64.2. The van der Waals surface area contributed by atoms with E-state index in [1.165, 1.54) is 40.7 Å². The number of azo groups is 2. The fraction of sp³-hybridized carbons (Fsp3) is 0.385. The second-order valence-corrected chi connectivity index (χ2v) is 21.5. The smallest absolute Gasteiger partial charge is 0.314 e. The minimum absolute atomic E-state index is 0.00779. The summed E-state index contributed by atoms with van der Waals surface area (Å²) in [4.78, 5) is 57.8. The Labute approximate surface area is 527 Å². The van der Waals surface area contributed by atoms with Gasteiger partial charge < -0.3 is 52.9 Å². The SMILES string of the molecule is O=C1CCC(=O)O1.[C-]#[N+]c1c(N=Nc2ccc(N(CCOCCOCCOCCOCCOC(=O)CCC(C)=O)Cc3ccccc3)cc2C)sc(C#N)c1C.[C-]#[N+]c1sc(N=Nc2ccc(N(CCOCCO)Cc3ccccc3)cc2C)c([N+]#[C-])c1C. The molecule has 2 aromatic heterocycles. The number of ether oxygens (including phenoxy) is 7. The second-order valence-electron chi connectivity index (χ2n) is 19.6. The molecule has 0 amide bonds. The summed E-state index contributed by atoms with van der Waals surface area (Å²) in [5, 5.41) is 37.0. The van der Waals surface area contributed by atoms with Crippen molar-refractivity contribution in [1.29, 1.82) is 5.26 Å². The topological polar surface area (TPSA) is 246 Å². The number of benzene rings is 4. The molecule has 0 radical (unpaired) electrons. The van der Waals surface area contributed by atoms with Gasteiger partial charge in [0.05, 0.1) is 128 Å². The van der Waals surface area contributed by atoms with Crippen molar-refractivity contribution in [2.75, 3.05) is 102 Å². The van der Waals surface area contributed by atoms with Crippen LogP contribution in [0.2, 0.25) is 0 Å². The van der Waals surface area contributed by atoms with Crippen LogP contribution in [0.15, 0.2) is 118 Å². The van der Waals surface area contributed by atoms with E-state index in [4.69, 9.17) is 53.2 Å². The van der Waals surface area contributed by atoms with Crippen molar-refractivity contribution >= 4 is 95.5 Å². The van der Waals surface area contributed by atoms with Crippen LogP contribution in [0.25, 0.3) is 14.5 Å². The first-order valence-corrected chi connectivity index (χ1v) is 30.1. The Balaban J connectivity index is 0.000000308. The molecule has 22 nitrogen and oxygen atoms in total. The van der Waals surface area contributed by atoms with E-state index >= 15 is 0 Å². The fourth-order valence-corrected chi connectivity index (χ4v) is 9.88. The number of aliphatic hydroxyl groups excluding tert-OH is 1. The van der Waals surface area contributed by atoms with Gasteiger partial charge in [0.15, 0.2) is 0 Å². The predicted octanol–water partition coefficient (Wildman–Crippen LogP) is 13.9. The fourth-order valence-electron chi connectivity index (χ4n) is 8.16. The molecule has 0 saturated carbocycles. The predicted molar refractivity (Wildman–Crippen MR) is 340 cm³/mol. The third kappa shape index (κ3) is 25.0. The summed E-state index contributed by atoms with van der Waals surface area (Å²) in [5.74, 6) is -1.24. The van der Waals surface area contributed by atoms with Gasteiger partial charge in [0.25, 0.3) is 0 Å². The number of Topliss-reactive ketones (excluding diaryl/α,β-unsaturated/α-hetero) is 1. The van der Waals surface area contributed by atoms with E-state index in [1.807, 2.05) is 74.5 Å². The number of esters is 3. The maximum Gasteiger partial charge on any atom is 0.314 e. The van der Waals surface area contributed by atoms with Gasteiger partial charge in [0.1, 0.15) is 28.5 Å². The van der Waals surface area contributed by atoms with Crippen molar-refractivity contribution < 1.29 is 57.4 Å². The second kappa shape index (κ2) is 39.8. The van der Waals surface area contributed by atoms with E-state index in [1.54, 1.807) is 13.8 Å². The van der Waals surface area contributed by atoms with Gasteiger partial charge in [-0.05, 0) is 97.5 Å². The Morgan fingerprint density at radius 1 is 0.596 bits per heavy atom. The van der Waals surface area contributed by atoms with Crippen molar-refractivity contribution in [2.45, 2.75) is 73.4 Å². The summed E-state index contributed by atoms with van der Waals surface area (Å²) in [7, 11) is 0. The third-order valence-electron chi connectivity index (χ3n) is 12.9. The van der Waals surface area contributed by atoms with Crippen LogP contribution < -0.4 is 9.80 Å². The number of nitrogens with zero attached hydrogens (tertiary/aromatic N) is 10. The van der Waals surface area contributed by atoms with Gasteiger partial charge in [0, 0.05) is 44.0 Å². The number of hydrogen-bond donors (Lipinski definition) is 1. The molecule has 6 aromatic rings. The number of rotatable bonds is 33. The van der Waals surface area contributed by atoms with Crippen LogP contribution in [0.5, 0.6) is 0 Å². The van der Waals surface area contributed by atoms with E-state index in [-0.39, 0.29) is 51.3 Å². The van der Waals surface area contributed by atoms with Crippen molar-refractivity contribution in [3.8, 4) is 6.07 Å². The lowest BCUT2D eigenvalue weighted by Gasteiger charge is -2.25. The minimum Gasteiger partial charge on any atom is -0.463 e. The molecule has 0 spiro atoms. The standard InChI is InChI=1S/C36H43N5O7S.C25H25N5O2S.C4H4O3/c1-27-24-31(11-12-32(27)39-40-36-35(38-4)29(3)33(25-37)49-36)41(26-30-8-6-5-7-9-30)14-15-44-16-17-45-18-19-46-20-21-47-22-23-48-34(43)13-10-28(2)42;1-18-16-21(30(12-14-32-15-13-31)17-20-8-6-5-7-9-20)10-11-22(18)28-29-25-23(26-3)19(2)24(27-4)33-25;5-3-1-2-4(6)7-3/h5-9,11-12,24H,10,13-23,26H2,1-3H3;5-11,16,31H,12-15,17H2,1-2H3;1-2H2. The van der Waals surface area contributed by atoms with E-state index < -0.39 is 17.9 Å². The van der Waals surface area contributed by atoms with E-state index in [2.05, 4.69) is 92.0 Å². The zero-order valence-electron chi connectivity index (χ0n) is 50.6. The van der Waals surface area contributed by atoms with Gasteiger partial charge in [-0.3, -0.25) is 14.4 Å². The van der Waals surface area contributed by atoms with Crippen LogP contribution in [0.1, 0.15) is 70.9 Å². The van der Waals surface area contributed by atoms with Gasteiger partial charge in [-0.15, -0.1) is 22.7 Å². The van der Waals surface area contributed by atoms with E-state index in [0.29, 0.717) is 133 Å². The van der Waals surface area contributed by atoms with Crippen LogP contribution in [0.4, 0.5) is 49.1 Å². The molecule has 1 aliphatic heterocycles. The molecule has 1 N–H and O–H groups in total. The molecule has 466 valence electrons. The van der Waals surface area contributed by atoms with Crippen molar-refractivity contribution in [3.63, 3.8) is 0 Å². The highest BCUT2D eigenvalue weighted by Gasteiger charge is 2.20. The Morgan fingerprint density at radius 3 is 1.46 bits per heavy atom. The van der Waals surface area contributed by atoms with Gasteiger partial charge in [-0.2, -0.15) is 25.7 Å². The molecular formula is C65H72N10O12S2. The maximum absolute atomic E-state index is 11.4. The number of nitriles is 1. The molecule has 0 unspecified atom stereocenters. The number of aryl methyl sites for hydroxylation is 2. The summed E-state index contributed by atoms with van der Waals surface area (Å²) in [6.07, 6.45) is 0.813. The van der Waals surface area contributed by atoms with Crippen molar-refractivity contribution in [2.24, 2.45) is 20.5 Å². The molecule has 1 saturated heterocycles. The van der Waals surface area contributed by atoms with Crippen LogP contribution >= 0.6 is 22.7 Å². The van der Waals surface area contributed by atoms with Crippen molar-refractivity contribution in [3.05, 3.63) is 170 Å². The molecule has 0 aliphatic carbocycles. The van der Waals surface area contributed by atoms with E-state index in [0.717, 1.165) is 29.0 Å². The average Bonchev–Trinajstić information content (AvgIpc) is 4.16. The number of ketones is 1. The van der Waals surface area contributed by atoms with E-state index in [9.17, 15) is 24.4 Å². The van der Waals surface area contributed by atoms with Gasteiger partial charge in [0.2, 0.25) is 16.4 Å². The lowest BCUT2D eigenvalue weighted by atomic mass is 10.1. The molecule has 0 bridgehead atoms. The molecule has 1 fully saturated rings. The van der Waals surface area contributed by atoms with Crippen LogP contribution in [-0.4, -0.2) is 121 Å². The summed E-state index contributed by atoms with van der Waals surface area (Å²) in [5.41, 5.74) is 9.76. The summed E-state index contributed by atoms with van der Waals surface area (Å²) >= 11 is 2.37. The van der Waals surface area contributed by atoms with Crippen LogP contribution in [-0.2, 0) is 65.4 Å². The largest absolute Gasteiger partial charge is 0.463 e. The molecule has 3 heterocycles. The quantitative estimate of drug-likeness (QED) is 0.0132. The number of hydrogen-bond acceptors (Lipinski definition) is 21. The van der Waals surface area contributed by atoms with Crippen molar-refractivity contribution in [1.82, 2.24) is 0 Å². The first-order valence-electron chi connectivity index (χ1n) is 28.5. The highest BCUT2D eigenvalue weighted by atomic mass is 32.1. The number of carbonyl (C=O) groups is 4. The summed E-state index contributed by atoms with van der Waals surface area (Å²) < 4.78 is 36.9. The first-order chi connectivity index (χ1) is 43.2. The molecule has 4 aromatic carbocycles. The van der Waals surface area contributed by atoms with Crippen LogP contribution in [0.3, 0.4) is 0 Å². The van der Waals surface area contributed by atoms with Crippen LogP contribution in [0, 0.1) is 58.7 Å². The minimum atomic E-state index is -0.401. The molecule has 1 aliphatic rings. The summed E-state index contributed by atoms with van der Waals surface area (Å²) in [6.45, 7) is 38.1. The molecule has 0 atom stereocenters. The number of anilines is 2. The Kier molecular flexibility index (Phi) is 31.7. The number of carbonyl (C=O) groups excluding carboxylic acids is 4. The number of aliphatic hydroxyl groups is 1. The zero-order valence-corrected chi connectivity index (χ0v) is 52.2. The van der Waals surface area contributed by atoms with Gasteiger partial charge >= 0.3 is 17.9 Å². The average molecular weight is 1250 g/mol. The monoisotopic (exact) mass is 1250 g/mol. The Bertz CT molecular complexity index is 3480. The molecule has 7 rings (SSSR count). The van der Waals surface area contributed by atoms with Gasteiger partial charge in [-0.1, -0.05) is 67.6 Å². The highest BCUT2D eigenvalue weighted by Crippen LogP contribution is 2.47. The Hall–Kier alpha value is -8.92. The number of thiophene rings is 2. The number of cyclic esters (lactones) is 2. The molecule has 89 heavy (non-hydrogen) atoms. The Morgan fingerprint density at radius 2 is 1.04 bits per heavy atom. The summed E-state index contributed by atoms with van der Waals surface area (Å²) in [6, 6.07) is 34.5. The third-order valence-corrected chi connectivity index (χ3v) is 15.0. The highest BCUT2D eigenvalue weighted by molar-refractivity contribution is 7.20. The first kappa shape index (κ1) is 70.8. The normalized spacial score (nSPS) is 11.6. The maximum atomic E-state index is 11.4. The van der Waals surface area contributed by atoms with Gasteiger partial charge in [-0.25, -0.2) is 14.5 Å². The lowest BCUT2D eigenvalue weighted by molar-refractivity contribution is -0.152.